The van der Waals surface area contributed by atoms with Gasteiger partial charge in [0.15, 0.2) is 0 Å². The van der Waals surface area contributed by atoms with Crippen LogP contribution in [0.1, 0.15) is 12.0 Å². The monoisotopic (exact) mass is 205 g/mol. The molecule has 0 spiro atoms. The third kappa shape index (κ3) is 1.67. The van der Waals surface area contributed by atoms with Crippen molar-refractivity contribution in [3.8, 4) is 5.75 Å². The van der Waals surface area contributed by atoms with E-state index >= 15 is 0 Å². The minimum atomic E-state index is 0.262. The van der Waals surface area contributed by atoms with E-state index in [4.69, 9.17) is 9.47 Å². The first-order valence-corrected chi connectivity index (χ1v) is 5.53. The zero-order valence-corrected chi connectivity index (χ0v) is 8.66. The van der Waals surface area contributed by atoms with E-state index in [1.807, 2.05) is 6.07 Å². The van der Waals surface area contributed by atoms with Gasteiger partial charge in [0.1, 0.15) is 11.9 Å². The number of ether oxygens (including phenoxy) is 2. The van der Waals surface area contributed by atoms with Crippen molar-refractivity contribution in [1.82, 2.24) is 0 Å². The van der Waals surface area contributed by atoms with Gasteiger partial charge in [0.05, 0.1) is 13.2 Å². The van der Waals surface area contributed by atoms with Crippen molar-refractivity contribution in [3.63, 3.8) is 0 Å². The quantitative estimate of drug-likeness (QED) is 0.799. The summed E-state index contributed by atoms with van der Waals surface area (Å²) < 4.78 is 11.0. The lowest BCUT2D eigenvalue weighted by molar-refractivity contribution is -0.0799. The molecule has 1 N–H and O–H groups in total. The first kappa shape index (κ1) is 9.04. The van der Waals surface area contributed by atoms with Crippen LogP contribution in [0.2, 0.25) is 0 Å². The zero-order valence-electron chi connectivity index (χ0n) is 8.66. The second-order valence-electron chi connectivity index (χ2n) is 4.09. The smallest absolute Gasteiger partial charge is 0.145 e. The van der Waals surface area contributed by atoms with Crippen LogP contribution in [0.4, 0.5) is 5.69 Å². The highest BCUT2D eigenvalue weighted by Crippen LogP contribution is 2.31. The SMILES string of the molecule is c1cc2c(c(OC3COC3)c1)CCCN2. The third-order valence-electron chi connectivity index (χ3n) is 2.95. The summed E-state index contributed by atoms with van der Waals surface area (Å²) >= 11 is 0. The molecule has 0 unspecified atom stereocenters. The van der Waals surface area contributed by atoms with Gasteiger partial charge in [-0.1, -0.05) is 6.07 Å². The number of nitrogens with one attached hydrogen (secondary N) is 1. The second-order valence-corrected chi connectivity index (χ2v) is 4.09. The lowest BCUT2D eigenvalue weighted by Gasteiger charge is -2.29. The number of rotatable bonds is 2. The highest BCUT2D eigenvalue weighted by molar-refractivity contribution is 5.59. The molecule has 0 saturated carbocycles. The van der Waals surface area contributed by atoms with Gasteiger partial charge in [-0.2, -0.15) is 0 Å². The summed E-state index contributed by atoms with van der Waals surface area (Å²) in [5.74, 6) is 1.04. The molecule has 0 amide bonds. The van der Waals surface area contributed by atoms with Crippen LogP contribution >= 0.6 is 0 Å². The van der Waals surface area contributed by atoms with E-state index in [0.717, 1.165) is 31.9 Å². The summed E-state index contributed by atoms with van der Waals surface area (Å²) in [6, 6.07) is 6.23. The van der Waals surface area contributed by atoms with Gasteiger partial charge in [0.2, 0.25) is 0 Å². The molecule has 2 heterocycles. The second kappa shape index (κ2) is 3.74. The fraction of sp³-hybridized carbons (Fsp3) is 0.500. The molecule has 3 heteroatoms. The standard InChI is InChI=1S/C12H15NO2/c1-4-11-10(3-2-6-13-11)12(5-1)15-9-7-14-8-9/h1,4-5,9,13H,2-3,6-8H2. The van der Waals surface area contributed by atoms with Crippen LogP contribution in [-0.4, -0.2) is 25.9 Å². The largest absolute Gasteiger partial charge is 0.485 e. The highest BCUT2D eigenvalue weighted by Gasteiger charge is 2.22. The molecule has 0 aliphatic carbocycles. The molecule has 0 radical (unpaired) electrons. The summed E-state index contributed by atoms with van der Waals surface area (Å²) in [5, 5.41) is 3.40. The van der Waals surface area contributed by atoms with Gasteiger partial charge >= 0.3 is 0 Å². The minimum Gasteiger partial charge on any atom is -0.485 e. The summed E-state index contributed by atoms with van der Waals surface area (Å²) in [5.41, 5.74) is 2.56. The Morgan fingerprint density at radius 3 is 3.07 bits per heavy atom. The molecule has 0 aromatic heterocycles. The third-order valence-corrected chi connectivity index (χ3v) is 2.95. The van der Waals surface area contributed by atoms with Gasteiger partial charge in [-0.15, -0.1) is 0 Å². The van der Waals surface area contributed by atoms with Crippen molar-refractivity contribution < 1.29 is 9.47 Å². The van der Waals surface area contributed by atoms with Crippen LogP contribution in [-0.2, 0) is 11.2 Å². The Hall–Kier alpha value is -1.22. The van der Waals surface area contributed by atoms with E-state index < -0.39 is 0 Å². The van der Waals surface area contributed by atoms with Crippen molar-refractivity contribution in [2.75, 3.05) is 25.1 Å². The molecule has 0 atom stereocenters. The average molecular weight is 205 g/mol. The van der Waals surface area contributed by atoms with Crippen molar-refractivity contribution in [1.29, 1.82) is 0 Å². The molecule has 1 aromatic carbocycles. The fourth-order valence-corrected chi connectivity index (χ4v) is 2.05. The predicted octanol–water partition coefficient (Wildman–Crippen LogP) is 1.82. The Balaban J connectivity index is 1.85. The predicted molar refractivity (Wildman–Crippen MR) is 58.5 cm³/mol. The molecule has 3 nitrogen and oxygen atoms in total. The Kier molecular flexibility index (Phi) is 2.25. The normalized spacial score (nSPS) is 20.0. The van der Waals surface area contributed by atoms with Crippen molar-refractivity contribution in [3.05, 3.63) is 23.8 Å². The molecule has 0 bridgehead atoms. The molecule has 1 saturated heterocycles. The maximum Gasteiger partial charge on any atom is 0.145 e. The van der Waals surface area contributed by atoms with Gasteiger partial charge in [-0.05, 0) is 25.0 Å². The number of hydrogen-bond donors (Lipinski definition) is 1. The summed E-state index contributed by atoms with van der Waals surface area (Å²) in [6.45, 7) is 2.54. The van der Waals surface area contributed by atoms with Crippen molar-refractivity contribution in [2.45, 2.75) is 18.9 Å². The van der Waals surface area contributed by atoms with Gasteiger partial charge in [0.25, 0.3) is 0 Å². The Morgan fingerprint density at radius 2 is 2.27 bits per heavy atom. The van der Waals surface area contributed by atoms with Crippen LogP contribution in [0, 0.1) is 0 Å². The lowest BCUT2D eigenvalue weighted by atomic mass is 10.0. The van der Waals surface area contributed by atoms with E-state index in [1.54, 1.807) is 0 Å². The van der Waals surface area contributed by atoms with E-state index in [0.29, 0.717) is 0 Å². The first-order valence-electron chi connectivity index (χ1n) is 5.53. The van der Waals surface area contributed by atoms with E-state index in [9.17, 15) is 0 Å². The maximum absolute atomic E-state index is 5.88. The van der Waals surface area contributed by atoms with Crippen LogP contribution in [0.15, 0.2) is 18.2 Å². The van der Waals surface area contributed by atoms with Crippen LogP contribution in [0.3, 0.4) is 0 Å². The van der Waals surface area contributed by atoms with Gasteiger partial charge in [-0.25, -0.2) is 0 Å². The van der Waals surface area contributed by atoms with Crippen LogP contribution in [0.25, 0.3) is 0 Å². The zero-order chi connectivity index (χ0) is 10.1. The molecule has 2 aliphatic heterocycles. The van der Waals surface area contributed by atoms with E-state index in [1.165, 1.54) is 17.7 Å². The highest BCUT2D eigenvalue weighted by atomic mass is 16.6. The molecular formula is C12H15NO2. The fourth-order valence-electron chi connectivity index (χ4n) is 2.05. The lowest BCUT2D eigenvalue weighted by Crippen LogP contribution is -2.38. The Morgan fingerprint density at radius 1 is 1.33 bits per heavy atom. The summed E-state index contributed by atoms with van der Waals surface area (Å²) in [6.07, 6.45) is 2.57. The summed E-state index contributed by atoms with van der Waals surface area (Å²) in [4.78, 5) is 0. The Labute approximate surface area is 89.4 Å². The van der Waals surface area contributed by atoms with Crippen molar-refractivity contribution in [2.24, 2.45) is 0 Å². The van der Waals surface area contributed by atoms with E-state index in [2.05, 4.69) is 17.4 Å². The molecule has 3 rings (SSSR count). The molecule has 2 aliphatic rings. The van der Waals surface area contributed by atoms with E-state index in [-0.39, 0.29) is 6.10 Å². The van der Waals surface area contributed by atoms with Crippen molar-refractivity contribution >= 4 is 5.69 Å². The number of hydrogen-bond acceptors (Lipinski definition) is 3. The summed E-state index contributed by atoms with van der Waals surface area (Å²) in [7, 11) is 0. The van der Waals surface area contributed by atoms with Gasteiger partial charge in [-0.3, -0.25) is 0 Å². The number of fused-ring (bicyclic) bond motifs is 1. The molecule has 80 valence electrons. The molecule has 1 aromatic rings. The number of benzene rings is 1. The topological polar surface area (TPSA) is 30.5 Å². The maximum atomic E-state index is 5.88. The first-order chi connectivity index (χ1) is 7.43. The van der Waals surface area contributed by atoms with Gasteiger partial charge < -0.3 is 14.8 Å². The van der Waals surface area contributed by atoms with Crippen LogP contribution in [0.5, 0.6) is 5.75 Å². The Bertz CT molecular complexity index is 361. The van der Waals surface area contributed by atoms with Gasteiger partial charge in [0, 0.05) is 17.8 Å². The van der Waals surface area contributed by atoms with Crippen LogP contribution < -0.4 is 10.1 Å². The molecule has 15 heavy (non-hydrogen) atoms. The minimum absolute atomic E-state index is 0.262. The molecule has 1 fully saturated rings. The molecular weight excluding hydrogens is 190 g/mol. The average Bonchev–Trinajstić information content (AvgIpc) is 2.23. The number of anilines is 1.